The molecule has 0 rings (SSSR count). The maximum atomic E-state index is 4.82. The van der Waals surface area contributed by atoms with E-state index in [2.05, 4.69) is 13.0 Å². The standard InChI is InChI=1S/C7H12S/c1-3-4-5-6-7(2)8/h5-6H,3-4H2,1-2H3. The van der Waals surface area contributed by atoms with Crippen LogP contribution in [0.5, 0.6) is 0 Å². The lowest BCUT2D eigenvalue weighted by molar-refractivity contribution is 0.960. The summed E-state index contributed by atoms with van der Waals surface area (Å²) in [4.78, 5) is 0.971. The predicted molar refractivity (Wildman–Crippen MR) is 42.3 cm³/mol. The molecule has 0 bridgehead atoms. The molecule has 0 aliphatic rings. The summed E-state index contributed by atoms with van der Waals surface area (Å²) in [5, 5.41) is 0. The largest absolute Gasteiger partial charge is 0.0852 e. The van der Waals surface area contributed by atoms with Crippen molar-refractivity contribution in [3.05, 3.63) is 12.2 Å². The van der Waals surface area contributed by atoms with Gasteiger partial charge in [0.05, 0.1) is 0 Å². The SMILES string of the molecule is CCCC=CC(C)=S. The molecule has 0 N–H and O–H groups in total. The molecule has 0 saturated carbocycles. The Morgan fingerprint density at radius 2 is 2.25 bits per heavy atom. The molecular weight excluding hydrogens is 116 g/mol. The van der Waals surface area contributed by atoms with Gasteiger partial charge in [-0.2, -0.15) is 0 Å². The Hall–Kier alpha value is -0.170. The molecule has 0 atom stereocenters. The Bertz CT molecular complexity index is 92.6. The van der Waals surface area contributed by atoms with E-state index in [-0.39, 0.29) is 0 Å². The van der Waals surface area contributed by atoms with Crippen LogP contribution in [-0.4, -0.2) is 4.86 Å². The molecule has 0 unspecified atom stereocenters. The summed E-state index contributed by atoms with van der Waals surface area (Å²) in [7, 11) is 0. The van der Waals surface area contributed by atoms with Crippen LogP contribution in [0.1, 0.15) is 26.7 Å². The summed E-state index contributed by atoms with van der Waals surface area (Å²) in [5.41, 5.74) is 0. The zero-order chi connectivity index (χ0) is 6.41. The summed E-state index contributed by atoms with van der Waals surface area (Å²) in [6, 6.07) is 0. The predicted octanol–water partition coefficient (Wildman–Crippen LogP) is 2.73. The van der Waals surface area contributed by atoms with Crippen LogP contribution in [0.25, 0.3) is 0 Å². The van der Waals surface area contributed by atoms with Gasteiger partial charge in [-0.15, -0.1) is 0 Å². The monoisotopic (exact) mass is 128 g/mol. The van der Waals surface area contributed by atoms with Crippen LogP contribution >= 0.6 is 12.2 Å². The lowest BCUT2D eigenvalue weighted by Gasteiger charge is -1.82. The van der Waals surface area contributed by atoms with Gasteiger partial charge in [0.15, 0.2) is 0 Å². The Morgan fingerprint density at radius 1 is 1.62 bits per heavy atom. The Labute approximate surface area is 56.6 Å². The molecule has 0 radical (unpaired) electrons. The van der Waals surface area contributed by atoms with Crippen molar-refractivity contribution in [2.24, 2.45) is 0 Å². The maximum Gasteiger partial charge on any atom is 0.0118 e. The van der Waals surface area contributed by atoms with Gasteiger partial charge in [-0.3, -0.25) is 0 Å². The van der Waals surface area contributed by atoms with Gasteiger partial charge >= 0.3 is 0 Å². The number of allylic oxidation sites excluding steroid dienone is 2. The van der Waals surface area contributed by atoms with Crippen LogP contribution in [0.15, 0.2) is 12.2 Å². The highest BCUT2D eigenvalue weighted by Gasteiger charge is 1.74. The van der Waals surface area contributed by atoms with Crippen LogP contribution in [-0.2, 0) is 0 Å². The Kier molecular flexibility index (Phi) is 4.87. The summed E-state index contributed by atoms with van der Waals surface area (Å²) in [5.74, 6) is 0. The second kappa shape index (κ2) is 4.98. The van der Waals surface area contributed by atoms with Crippen molar-refractivity contribution in [1.29, 1.82) is 0 Å². The number of hydrogen-bond acceptors (Lipinski definition) is 1. The second-order valence-corrected chi connectivity index (χ2v) is 2.45. The fourth-order valence-corrected chi connectivity index (χ4v) is 0.512. The van der Waals surface area contributed by atoms with Gasteiger partial charge in [-0.25, -0.2) is 0 Å². The molecule has 0 aromatic heterocycles. The molecule has 0 aromatic rings. The van der Waals surface area contributed by atoms with E-state index in [1.807, 2.05) is 13.0 Å². The van der Waals surface area contributed by atoms with Crippen molar-refractivity contribution in [2.45, 2.75) is 26.7 Å². The summed E-state index contributed by atoms with van der Waals surface area (Å²) >= 11 is 4.82. The Morgan fingerprint density at radius 3 is 2.62 bits per heavy atom. The highest BCUT2D eigenvalue weighted by Crippen LogP contribution is 1.88. The van der Waals surface area contributed by atoms with Crippen LogP contribution in [0, 0.1) is 0 Å². The van der Waals surface area contributed by atoms with E-state index in [0.717, 1.165) is 11.3 Å². The molecule has 0 saturated heterocycles. The fraction of sp³-hybridized carbons (Fsp3) is 0.571. The van der Waals surface area contributed by atoms with E-state index in [1.165, 1.54) is 6.42 Å². The first-order chi connectivity index (χ1) is 3.77. The third kappa shape index (κ3) is 5.83. The van der Waals surface area contributed by atoms with E-state index < -0.39 is 0 Å². The van der Waals surface area contributed by atoms with Gasteiger partial charge < -0.3 is 0 Å². The van der Waals surface area contributed by atoms with Crippen LogP contribution in [0.3, 0.4) is 0 Å². The molecule has 0 heterocycles. The quantitative estimate of drug-likeness (QED) is 0.416. The molecule has 0 spiro atoms. The number of hydrogen-bond donors (Lipinski definition) is 0. The van der Waals surface area contributed by atoms with Crippen molar-refractivity contribution in [3.8, 4) is 0 Å². The van der Waals surface area contributed by atoms with E-state index in [0.29, 0.717) is 0 Å². The van der Waals surface area contributed by atoms with Gasteiger partial charge in [0, 0.05) is 4.86 Å². The smallest absolute Gasteiger partial charge is 0.0118 e. The van der Waals surface area contributed by atoms with E-state index in [1.54, 1.807) is 0 Å². The molecule has 0 nitrogen and oxygen atoms in total. The number of thiocarbonyl (C=S) groups is 1. The molecule has 0 aliphatic carbocycles. The topological polar surface area (TPSA) is 0 Å². The van der Waals surface area contributed by atoms with Crippen LogP contribution in [0.4, 0.5) is 0 Å². The average molecular weight is 128 g/mol. The van der Waals surface area contributed by atoms with Crippen molar-refractivity contribution in [1.82, 2.24) is 0 Å². The lowest BCUT2D eigenvalue weighted by Crippen LogP contribution is -1.73. The van der Waals surface area contributed by atoms with Gasteiger partial charge in [0.2, 0.25) is 0 Å². The molecule has 46 valence electrons. The Balaban J connectivity index is 3.20. The lowest BCUT2D eigenvalue weighted by atomic mass is 10.3. The third-order valence-corrected chi connectivity index (χ3v) is 0.944. The summed E-state index contributed by atoms with van der Waals surface area (Å²) < 4.78 is 0. The first kappa shape index (κ1) is 7.83. The van der Waals surface area contributed by atoms with Crippen LogP contribution in [0.2, 0.25) is 0 Å². The molecule has 0 amide bonds. The van der Waals surface area contributed by atoms with Gasteiger partial charge in [-0.1, -0.05) is 37.7 Å². The van der Waals surface area contributed by atoms with Crippen LogP contribution < -0.4 is 0 Å². The van der Waals surface area contributed by atoms with Crippen molar-refractivity contribution >= 4 is 17.1 Å². The molecule has 1 heteroatoms. The molecular formula is C7H12S. The first-order valence-corrected chi connectivity index (χ1v) is 3.35. The minimum Gasteiger partial charge on any atom is -0.0852 e. The van der Waals surface area contributed by atoms with E-state index in [4.69, 9.17) is 12.2 Å². The zero-order valence-electron chi connectivity index (χ0n) is 5.48. The number of rotatable bonds is 3. The highest BCUT2D eigenvalue weighted by molar-refractivity contribution is 7.80. The fourth-order valence-electron chi connectivity index (χ4n) is 0.416. The van der Waals surface area contributed by atoms with Gasteiger partial charge in [0.25, 0.3) is 0 Å². The van der Waals surface area contributed by atoms with Crippen molar-refractivity contribution < 1.29 is 0 Å². The van der Waals surface area contributed by atoms with Gasteiger partial charge in [0.1, 0.15) is 0 Å². The van der Waals surface area contributed by atoms with E-state index >= 15 is 0 Å². The average Bonchev–Trinajstić information content (AvgIpc) is 1.66. The molecule has 0 aliphatic heterocycles. The molecule has 8 heavy (non-hydrogen) atoms. The molecule has 0 fully saturated rings. The summed E-state index contributed by atoms with van der Waals surface area (Å²) in [6.07, 6.45) is 6.45. The zero-order valence-corrected chi connectivity index (χ0v) is 6.29. The minimum absolute atomic E-state index is 0.971. The normalized spacial score (nSPS) is 10.2. The van der Waals surface area contributed by atoms with Gasteiger partial charge in [-0.05, 0) is 13.3 Å². The minimum atomic E-state index is 0.971. The third-order valence-electron chi connectivity index (χ3n) is 0.808. The van der Waals surface area contributed by atoms with E-state index in [9.17, 15) is 0 Å². The maximum absolute atomic E-state index is 4.82. The van der Waals surface area contributed by atoms with Crippen molar-refractivity contribution in [2.75, 3.05) is 0 Å². The second-order valence-electron chi connectivity index (χ2n) is 1.80. The first-order valence-electron chi connectivity index (χ1n) is 2.94. The number of unbranched alkanes of at least 4 members (excludes halogenated alkanes) is 1. The van der Waals surface area contributed by atoms with Crippen molar-refractivity contribution in [3.63, 3.8) is 0 Å². The summed E-state index contributed by atoms with van der Waals surface area (Å²) in [6.45, 7) is 4.09. The molecule has 0 aromatic carbocycles. The highest BCUT2D eigenvalue weighted by atomic mass is 32.1.